The van der Waals surface area contributed by atoms with Crippen LogP contribution in [0.4, 0.5) is 4.79 Å². The van der Waals surface area contributed by atoms with Crippen LogP contribution in [0, 0.1) is 0 Å². The van der Waals surface area contributed by atoms with Crippen LogP contribution in [0.15, 0.2) is 30.3 Å². The minimum absolute atomic E-state index is 0.0672. The zero-order chi connectivity index (χ0) is 12.8. The highest BCUT2D eigenvalue weighted by atomic mass is 32.2. The molecule has 1 saturated heterocycles. The van der Waals surface area contributed by atoms with E-state index in [1.54, 1.807) is 0 Å². The van der Waals surface area contributed by atoms with Gasteiger partial charge in [0.15, 0.2) is 0 Å². The van der Waals surface area contributed by atoms with E-state index in [0.717, 1.165) is 30.8 Å². The molecule has 1 N–H and O–H groups in total. The molecule has 1 fully saturated rings. The Bertz CT molecular complexity index is 383. The second kappa shape index (κ2) is 6.69. The van der Waals surface area contributed by atoms with Gasteiger partial charge in [0.2, 0.25) is 0 Å². The maximum Gasteiger partial charge on any atom is 0.317 e. The predicted octanol–water partition coefficient (Wildman–Crippen LogP) is 2.72. The van der Waals surface area contributed by atoms with Crippen LogP contribution in [0.3, 0.4) is 0 Å². The standard InChI is InChI=1S/C14H20N2OS/c1-2-13-11-16(8-9-18-13)14(17)15-10-12-6-4-3-5-7-12/h3-7,13H,2,8-11H2,1H3,(H,15,17). The Morgan fingerprint density at radius 3 is 2.94 bits per heavy atom. The summed E-state index contributed by atoms with van der Waals surface area (Å²) in [5.74, 6) is 1.05. The van der Waals surface area contributed by atoms with Crippen molar-refractivity contribution in [2.24, 2.45) is 0 Å². The van der Waals surface area contributed by atoms with Crippen LogP contribution in [-0.2, 0) is 6.54 Å². The average molecular weight is 264 g/mol. The summed E-state index contributed by atoms with van der Waals surface area (Å²) in [6.07, 6.45) is 1.13. The van der Waals surface area contributed by atoms with Crippen LogP contribution in [0.2, 0.25) is 0 Å². The molecule has 1 aromatic carbocycles. The first kappa shape index (κ1) is 13.3. The number of nitrogens with zero attached hydrogens (tertiary/aromatic N) is 1. The maximum atomic E-state index is 12.0. The van der Waals surface area contributed by atoms with Crippen LogP contribution in [0.25, 0.3) is 0 Å². The van der Waals surface area contributed by atoms with Crippen molar-refractivity contribution in [2.75, 3.05) is 18.8 Å². The smallest absolute Gasteiger partial charge is 0.317 e. The molecule has 0 radical (unpaired) electrons. The number of nitrogens with one attached hydrogen (secondary N) is 1. The summed E-state index contributed by atoms with van der Waals surface area (Å²) in [4.78, 5) is 14.0. The van der Waals surface area contributed by atoms with Crippen molar-refractivity contribution in [1.29, 1.82) is 0 Å². The lowest BCUT2D eigenvalue weighted by Crippen LogP contribution is -2.46. The zero-order valence-electron chi connectivity index (χ0n) is 10.8. The molecule has 1 heterocycles. The lowest BCUT2D eigenvalue weighted by molar-refractivity contribution is 0.199. The number of amides is 2. The van der Waals surface area contributed by atoms with Crippen molar-refractivity contribution in [3.05, 3.63) is 35.9 Å². The molecule has 1 aliphatic rings. The summed E-state index contributed by atoms with van der Waals surface area (Å²) < 4.78 is 0. The molecule has 2 rings (SSSR count). The molecule has 0 aromatic heterocycles. The molecule has 0 spiro atoms. The summed E-state index contributed by atoms with van der Waals surface area (Å²) in [6.45, 7) is 4.53. The van der Waals surface area contributed by atoms with Gasteiger partial charge in [0.05, 0.1) is 0 Å². The van der Waals surface area contributed by atoms with E-state index >= 15 is 0 Å². The van der Waals surface area contributed by atoms with E-state index in [2.05, 4.69) is 12.2 Å². The lowest BCUT2D eigenvalue weighted by Gasteiger charge is -2.31. The summed E-state index contributed by atoms with van der Waals surface area (Å²) in [7, 11) is 0. The van der Waals surface area contributed by atoms with Gasteiger partial charge in [0.1, 0.15) is 0 Å². The number of thioether (sulfide) groups is 1. The van der Waals surface area contributed by atoms with Gasteiger partial charge in [-0.3, -0.25) is 0 Å². The molecule has 0 saturated carbocycles. The zero-order valence-corrected chi connectivity index (χ0v) is 11.6. The van der Waals surface area contributed by atoms with Crippen LogP contribution in [-0.4, -0.2) is 35.0 Å². The quantitative estimate of drug-likeness (QED) is 0.910. The molecule has 1 aliphatic heterocycles. The number of carbonyl (C=O) groups excluding carboxylic acids is 1. The van der Waals surface area contributed by atoms with Gasteiger partial charge < -0.3 is 10.2 Å². The molecule has 98 valence electrons. The van der Waals surface area contributed by atoms with E-state index in [1.165, 1.54) is 0 Å². The van der Waals surface area contributed by atoms with E-state index in [-0.39, 0.29) is 6.03 Å². The molecule has 0 bridgehead atoms. The SMILES string of the molecule is CCC1CN(C(=O)NCc2ccccc2)CCS1. The third-order valence-corrected chi connectivity index (χ3v) is 4.54. The molecule has 18 heavy (non-hydrogen) atoms. The highest BCUT2D eigenvalue weighted by Crippen LogP contribution is 2.20. The highest BCUT2D eigenvalue weighted by Gasteiger charge is 2.22. The Balaban J connectivity index is 1.81. The molecule has 0 aliphatic carbocycles. The Morgan fingerprint density at radius 1 is 1.44 bits per heavy atom. The summed E-state index contributed by atoms with van der Waals surface area (Å²) >= 11 is 1.98. The number of hydrogen-bond donors (Lipinski definition) is 1. The predicted molar refractivity (Wildman–Crippen MR) is 76.8 cm³/mol. The first-order valence-electron chi connectivity index (χ1n) is 6.48. The van der Waals surface area contributed by atoms with Gasteiger partial charge in [0, 0.05) is 30.6 Å². The Kier molecular flexibility index (Phi) is 4.93. The number of benzene rings is 1. The first-order valence-corrected chi connectivity index (χ1v) is 7.52. The van der Waals surface area contributed by atoms with E-state index in [1.807, 2.05) is 47.0 Å². The third kappa shape index (κ3) is 3.67. The van der Waals surface area contributed by atoms with Crippen LogP contribution < -0.4 is 5.32 Å². The van der Waals surface area contributed by atoms with Crippen molar-refractivity contribution in [1.82, 2.24) is 10.2 Å². The third-order valence-electron chi connectivity index (χ3n) is 3.17. The van der Waals surface area contributed by atoms with E-state index in [9.17, 15) is 4.79 Å². The summed E-state index contributed by atoms with van der Waals surface area (Å²) in [6, 6.07) is 10.1. The number of hydrogen-bond acceptors (Lipinski definition) is 2. The van der Waals surface area contributed by atoms with Crippen molar-refractivity contribution >= 4 is 17.8 Å². The molecule has 1 unspecified atom stereocenters. The average Bonchev–Trinajstić information content (AvgIpc) is 2.46. The van der Waals surface area contributed by atoms with Gasteiger partial charge in [-0.05, 0) is 12.0 Å². The maximum absolute atomic E-state index is 12.0. The van der Waals surface area contributed by atoms with Crippen LogP contribution in [0.5, 0.6) is 0 Å². The molecule has 1 aromatic rings. The molecule has 2 amide bonds. The van der Waals surface area contributed by atoms with Gasteiger partial charge in [0.25, 0.3) is 0 Å². The highest BCUT2D eigenvalue weighted by molar-refractivity contribution is 8.00. The van der Waals surface area contributed by atoms with E-state index < -0.39 is 0 Å². The van der Waals surface area contributed by atoms with Crippen LogP contribution >= 0.6 is 11.8 Å². The van der Waals surface area contributed by atoms with E-state index in [0.29, 0.717) is 11.8 Å². The Morgan fingerprint density at radius 2 is 2.22 bits per heavy atom. The fourth-order valence-corrected chi connectivity index (χ4v) is 3.22. The lowest BCUT2D eigenvalue weighted by atomic mass is 10.2. The molecular formula is C14H20N2OS. The van der Waals surface area contributed by atoms with Crippen molar-refractivity contribution in [3.8, 4) is 0 Å². The van der Waals surface area contributed by atoms with Crippen molar-refractivity contribution in [2.45, 2.75) is 25.1 Å². The molecular weight excluding hydrogens is 244 g/mol. The fourth-order valence-electron chi connectivity index (χ4n) is 2.04. The number of carbonyl (C=O) groups is 1. The molecule has 1 atom stereocenters. The van der Waals surface area contributed by atoms with Gasteiger partial charge in [-0.1, -0.05) is 37.3 Å². The summed E-state index contributed by atoms with van der Waals surface area (Å²) in [5, 5.41) is 3.59. The van der Waals surface area contributed by atoms with Gasteiger partial charge >= 0.3 is 6.03 Å². The molecule has 4 heteroatoms. The monoisotopic (exact) mass is 264 g/mol. The van der Waals surface area contributed by atoms with E-state index in [4.69, 9.17) is 0 Å². The normalized spacial score (nSPS) is 19.6. The number of urea groups is 1. The minimum Gasteiger partial charge on any atom is -0.334 e. The van der Waals surface area contributed by atoms with Crippen molar-refractivity contribution in [3.63, 3.8) is 0 Å². The topological polar surface area (TPSA) is 32.3 Å². The summed E-state index contributed by atoms with van der Waals surface area (Å²) in [5.41, 5.74) is 1.14. The van der Waals surface area contributed by atoms with Crippen molar-refractivity contribution < 1.29 is 4.79 Å². The Hall–Kier alpha value is -1.16. The van der Waals surface area contributed by atoms with Crippen LogP contribution in [0.1, 0.15) is 18.9 Å². The number of rotatable bonds is 3. The minimum atomic E-state index is 0.0672. The second-order valence-corrected chi connectivity index (χ2v) is 5.90. The Labute approximate surface area is 113 Å². The van der Waals surface area contributed by atoms with Gasteiger partial charge in [-0.25, -0.2) is 4.79 Å². The van der Waals surface area contributed by atoms with Gasteiger partial charge in [-0.2, -0.15) is 11.8 Å². The second-order valence-electron chi connectivity index (χ2n) is 4.49. The first-order chi connectivity index (χ1) is 8.79. The fraction of sp³-hybridized carbons (Fsp3) is 0.500. The van der Waals surface area contributed by atoms with Gasteiger partial charge in [-0.15, -0.1) is 0 Å². The molecule has 3 nitrogen and oxygen atoms in total. The largest absolute Gasteiger partial charge is 0.334 e.